The highest BCUT2D eigenvalue weighted by molar-refractivity contribution is 7.99. The highest BCUT2D eigenvalue weighted by atomic mass is 32.2. The average molecular weight is 362 g/mol. The van der Waals surface area contributed by atoms with Crippen molar-refractivity contribution >= 4 is 23.5 Å². The van der Waals surface area contributed by atoms with Crippen molar-refractivity contribution in [1.29, 1.82) is 0 Å². The summed E-state index contributed by atoms with van der Waals surface area (Å²) in [5.41, 5.74) is 0. The van der Waals surface area contributed by atoms with Gasteiger partial charge in [-0.3, -0.25) is 0 Å². The standard InChI is InChI=1S/C20H43NS2/c1-4-7-8-9-10-11-12-13-14-15-16-21(17-19-22-5-2)18-20-23-6-3/h4-20H2,1-3H3. The quantitative estimate of drug-likeness (QED) is 0.235. The molecule has 0 spiro atoms. The number of rotatable bonds is 19. The smallest absolute Gasteiger partial charge is 0.00727 e. The van der Waals surface area contributed by atoms with E-state index in [2.05, 4.69) is 49.2 Å². The van der Waals surface area contributed by atoms with E-state index in [1.807, 2.05) is 0 Å². The van der Waals surface area contributed by atoms with Crippen molar-refractivity contribution in [2.45, 2.75) is 85.0 Å². The number of hydrogen-bond donors (Lipinski definition) is 0. The molecule has 0 unspecified atom stereocenters. The molecular weight excluding hydrogens is 318 g/mol. The minimum atomic E-state index is 1.26. The van der Waals surface area contributed by atoms with Crippen LogP contribution in [0.25, 0.3) is 0 Å². The van der Waals surface area contributed by atoms with E-state index in [0.29, 0.717) is 0 Å². The molecule has 0 aromatic carbocycles. The molecule has 0 N–H and O–H groups in total. The summed E-state index contributed by atoms with van der Waals surface area (Å²) < 4.78 is 0. The van der Waals surface area contributed by atoms with Gasteiger partial charge in [0.05, 0.1) is 0 Å². The lowest BCUT2D eigenvalue weighted by Gasteiger charge is -2.21. The molecule has 0 fully saturated rings. The van der Waals surface area contributed by atoms with Crippen molar-refractivity contribution in [1.82, 2.24) is 4.90 Å². The van der Waals surface area contributed by atoms with Crippen LogP contribution in [0.4, 0.5) is 0 Å². The third kappa shape index (κ3) is 18.8. The fourth-order valence-corrected chi connectivity index (χ4v) is 4.19. The lowest BCUT2D eigenvalue weighted by molar-refractivity contribution is 0.300. The maximum atomic E-state index is 2.70. The highest BCUT2D eigenvalue weighted by Gasteiger charge is 2.04. The van der Waals surface area contributed by atoms with Crippen LogP contribution in [0.1, 0.15) is 85.0 Å². The minimum absolute atomic E-state index is 1.26. The van der Waals surface area contributed by atoms with Gasteiger partial charge >= 0.3 is 0 Å². The maximum Gasteiger partial charge on any atom is 0.00727 e. The zero-order valence-corrected chi connectivity index (χ0v) is 17.9. The van der Waals surface area contributed by atoms with Crippen molar-refractivity contribution in [3.8, 4) is 0 Å². The topological polar surface area (TPSA) is 3.24 Å². The van der Waals surface area contributed by atoms with Gasteiger partial charge in [0.25, 0.3) is 0 Å². The Kier molecular flexibility index (Phi) is 21.3. The molecule has 0 bridgehead atoms. The van der Waals surface area contributed by atoms with Crippen LogP contribution in [0.5, 0.6) is 0 Å². The molecule has 0 aliphatic rings. The molecule has 0 aromatic rings. The van der Waals surface area contributed by atoms with E-state index < -0.39 is 0 Å². The molecule has 140 valence electrons. The molecule has 3 heteroatoms. The van der Waals surface area contributed by atoms with Crippen LogP contribution in [-0.4, -0.2) is 47.5 Å². The molecule has 0 heterocycles. The van der Waals surface area contributed by atoms with E-state index in [1.165, 1.54) is 107 Å². The van der Waals surface area contributed by atoms with Gasteiger partial charge in [-0.15, -0.1) is 0 Å². The summed E-state index contributed by atoms with van der Waals surface area (Å²) in [4.78, 5) is 2.70. The third-order valence-corrected chi connectivity index (χ3v) is 6.10. The normalized spacial score (nSPS) is 11.5. The molecule has 0 rings (SSSR count). The number of hydrogen-bond acceptors (Lipinski definition) is 3. The second-order valence-corrected chi connectivity index (χ2v) is 9.21. The highest BCUT2D eigenvalue weighted by Crippen LogP contribution is 2.11. The molecule has 0 aliphatic carbocycles. The molecule has 0 aromatic heterocycles. The number of thioether (sulfide) groups is 2. The second-order valence-electron chi connectivity index (χ2n) is 6.42. The van der Waals surface area contributed by atoms with Gasteiger partial charge in [-0.25, -0.2) is 0 Å². The average Bonchev–Trinajstić information content (AvgIpc) is 2.56. The van der Waals surface area contributed by atoms with Crippen LogP contribution >= 0.6 is 23.5 Å². The Labute approximate surface area is 156 Å². The number of unbranched alkanes of at least 4 members (excludes halogenated alkanes) is 9. The first-order chi connectivity index (χ1) is 11.3. The van der Waals surface area contributed by atoms with Crippen LogP contribution in [0.15, 0.2) is 0 Å². The Hall–Kier alpha value is 0.660. The van der Waals surface area contributed by atoms with Gasteiger partial charge in [-0.05, 0) is 24.5 Å². The van der Waals surface area contributed by atoms with Crippen LogP contribution in [0.2, 0.25) is 0 Å². The molecule has 0 radical (unpaired) electrons. The second kappa shape index (κ2) is 20.7. The fraction of sp³-hybridized carbons (Fsp3) is 1.00. The van der Waals surface area contributed by atoms with Crippen LogP contribution < -0.4 is 0 Å². The van der Waals surface area contributed by atoms with Crippen LogP contribution in [0, 0.1) is 0 Å². The minimum Gasteiger partial charge on any atom is -0.302 e. The van der Waals surface area contributed by atoms with Crippen molar-refractivity contribution in [2.24, 2.45) is 0 Å². The van der Waals surface area contributed by atoms with Gasteiger partial charge in [0.2, 0.25) is 0 Å². The molecule has 23 heavy (non-hydrogen) atoms. The molecule has 0 amide bonds. The van der Waals surface area contributed by atoms with Crippen LogP contribution in [0.3, 0.4) is 0 Å². The molecule has 1 nitrogen and oxygen atoms in total. The zero-order valence-electron chi connectivity index (χ0n) is 16.3. The van der Waals surface area contributed by atoms with Gasteiger partial charge in [0.15, 0.2) is 0 Å². The molecule has 0 saturated carbocycles. The lowest BCUT2D eigenvalue weighted by atomic mass is 10.1. The molecule has 0 saturated heterocycles. The largest absolute Gasteiger partial charge is 0.302 e. The first-order valence-corrected chi connectivity index (χ1v) is 12.5. The lowest BCUT2D eigenvalue weighted by Crippen LogP contribution is -2.29. The molecular formula is C20H43NS2. The Balaban J connectivity index is 3.48. The van der Waals surface area contributed by atoms with Gasteiger partial charge in [0.1, 0.15) is 0 Å². The maximum absolute atomic E-state index is 2.70. The van der Waals surface area contributed by atoms with E-state index in [1.54, 1.807) is 0 Å². The third-order valence-electron chi connectivity index (χ3n) is 4.34. The first kappa shape index (κ1) is 23.7. The molecule has 0 atom stereocenters. The van der Waals surface area contributed by atoms with Crippen molar-refractivity contribution < 1.29 is 0 Å². The summed E-state index contributed by atoms with van der Waals surface area (Å²) in [6.07, 6.45) is 14.4. The Morgan fingerprint density at radius 2 is 0.957 bits per heavy atom. The Bertz CT molecular complexity index is 202. The van der Waals surface area contributed by atoms with E-state index in [-0.39, 0.29) is 0 Å². The van der Waals surface area contributed by atoms with Crippen molar-refractivity contribution in [3.05, 3.63) is 0 Å². The van der Waals surface area contributed by atoms with E-state index in [0.717, 1.165) is 0 Å². The van der Waals surface area contributed by atoms with E-state index >= 15 is 0 Å². The fourth-order valence-electron chi connectivity index (χ4n) is 2.83. The van der Waals surface area contributed by atoms with Gasteiger partial charge in [-0.2, -0.15) is 23.5 Å². The Morgan fingerprint density at radius 3 is 1.39 bits per heavy atom. The SMILES string of the molecule is CCCCCCCCCCCCN(CCSCC)CCSCC. The molecule has 0 aliphatic heterocycles. The van der Waals surface area contributed by atoms with E-state index in [4.69, 9.17) is 0 Å². The van der Waals surface area contributed by atoms with Gasteiger partial charge in [-0.1, -0.05) is 78.6 Å². The Morgan fingerprint density at radius 1 is 0.522 bits per heavy atom. The van der Waals surface area contributed by atoms with Gasteiger partial charge in [0, 0.05) is 24.6 Å². The number of nitrogens with zero attached hydrogens (tertiary/aromatic N) is 1. The zero-order chi connectivity index (χ0) is 17.0. The van der Waals surface area contributed by atoms with Crippen molar-refractivity contribution in [2.75, 3.05) is 42.6 Å². The monoisotopic (exact) mass is 361 g/mol. The van der Waals surface area contributed by atoms with E-state index in [9.17, 15) is 0 Å². The summed E-state index contributed by atoms with van der Waals surface area (Å²) in [6.45, 7) is 10.7. The van der Waals surface area contributed by atoms with Crippen molar-refractivity contribution in [3.63, 3.8) is 0 Å². The summed E-state index contributed by atoms with van der Waals surface area (Å²) in [5.74, 6) is 5.14. The summed E-state index contributed by atoms with van der Waals surface area (Å²) in [7, 11) is 0. The predicted molar refractivity (Wildman–Crippen MR) is 114 cm³/mol. The van der Waals surface area contributed by atoms with Gasteiger partial charge < -0.3 is 4.90 Å². The predicted octanol–water partition coefficient (Wildman–Crippen LogP) is 6.72. The first-order valence-electron chi connectivity index (χ1n) is 10.2. The van der Waals surface area contributed by atoms with Crippen LogP contribution in [-0.2, 0) is 0 Å². The summed E-state index contributed by atoms with van der Waals surface area (Å²) in [5, 5.41) is 0. The summed E-state index contributed by atoms with van der Waals surface area (Å²) in [6, 6.07) is 0. The summed E-state index contributed by atoms with van der Waals surface area (Å²) >= 11 is 4.17.